The molecule has 21 heavy (non-hydrogen) atoms. The molecule has 0 aliphatic heterocycles. The highest BCUT2D eigenvalue weighted by Crippen LogP contribution is 2.31. The number of aromatic amines is 1. The van der Waals surface area contributed by atoms with Crippen molar-refractivity contribution in [3.05, 3.63) is 46.1 Å². The van der Waals surface area contributed by atoms with Crippen molar-refractivity contribution in [1.82, 2.24) is 15.0 Å². The van der Waals surface area contributed by atoms with Crippen molar-refractivity contribution in [2.75, 3.05) is 5.32 Å². The molecule has 0 aliphatic rings. The standard InChI is InChI=1S/C13H8Cl2N4O2/c14-7-2-1-3-8(10(7)15)17-13-18-9-4-6(12(20)21)5-16-11(9)19-13/h1-5H,(H,20,21)(H2,16,17,18,19). The maximum absolute atomic E-state index is 10.9. The highest BCUT2D eigenvalue weighted by Gasteiger charge is 2.10. The van der Waals surface area contributed by atoms with E-state index in [1.54, 1.807) is 18.2 Å². The number of hydrogen-bond donors (Lipinski definition) is 3. The highest BCUT2D eigenvalue weighted by atomic mass is 35.5. The Kier molecular flexibility index (Phi) is 3.40. The quantitative estimate of drug-likeness (QED) is 0.683. The number of benzene rings is 1. The Balaban J connectivity index is 1.98. The maximum Gasteiger partial charge on any atom is 0.337 e. The Hall–Kier alpha value is -2.31. The van der Waals surface area contributed by atoms with E-state index in [1.165, 1.54) is 12.3 Å². The van der Waals surface area contributed by atoms with Gasteiger partial charge in [0.15, 0.2) is 5.65 Å². The monoisotopic (exact) mass is 322 g/mol. The predicted molar refractivity (Wildman–Crippen MR) is 80.6 cm³/mol. The van der Waals surface area contributed by atoms with Crippen LogP contribution in [-0.4, -0.2) is 26.0 Å². The number of imidazole rings is 1. The third-order valence-electron chi connectivity index (χ3n) is 2.79. The molecule has 3 N–H and O–H groups in total. The van der Waals surface area contributed by atoms with Gasteiger partial charge in [-0.15, -0.1) is 0 Å². The number of aromatic nitrogens is 3. The van der Waals surface area contributed by atoms with Crippen LogP contribution in [-0.2, 0) is 0 Å². The normalized spacial score (nSPS) is 10.8. The van der Waals surface area contributed by atoms with Crippen molar-refractivity contribution >= 4 is 52.0 Å². The fraction of sp³-hybridized carbons (Fsp3) is 0. The van der Waals surface area contributed by atoms with E-state index in [9.17, 15) is 4.79 Å². The molecule has 2 heterocycles. The predicted octanol–water partition coefficient (Wildman–Crippen LogP) is 3.71. The SMILES string of the molecule is O=C(O)c1cnc2nc(Nc3cccc(Cl)c3Cl)[nH]c2c1. The average Bonchev–Trinajstić information content (AvgIpc) is 2.85. The van der Waals surface area contributed by atoms with Gasteiger partial charge >= 0.3 is 5.97 Å². The minimum Gasteiger partial charge on any atom is -0.478 e. The minimum atomic E-state index is -1.05. The van der Waals surface area contributed by atoms with Crippen molar-refractivity contribution < 1.29 is 9.90 Å². The number of fused-ring (bicyclic) bond motifs is 1. The van der Waals surface area contributed by atoms with Crippen LogP contribution in [0.15, 0.2) is 30.5 Å². The number of pyridine rings is 1. The van der Waals surface area contributed by atoms with E-state index in [0.717, 1.165) is 0 Å². The summed E-state index contributed by atoms with van der Waals surface area (Å²) in [5.41, 5.74) is 1.58. The number of hydrogen-bond acceptors (Lipinski definition) is 4. The lowest BCUT2D eigenvalue weighted by Crippen LogP contribution is -1.96. The molecule has 6 nitrogen and oxygen atoms in total. The van der Waals surface area contributed by atoms with Gasteiger partial charge in [-0.3, -0.25) is 0 Å². The van der Waals surface area contributed by atoms with E-state index in [-0.39, 0.29) is 5.56 Å². The molecule has 0 fully saturated rings. The Labute approximate surface area is 128 Å². The molecule has 0 atom stereocenters. The number of carboxylic acids is 1. The largest absolute Gasteiger partial charge is 0.478 e. The Morgan fingerprint density at radius 2 is 2.14 bits per heavy atom. The fourth-order valence-corrected chi connectivity index (χ4v) is 2.15. The minimum absolute atomic E-state index is 0.0819. The summed E-state index contributed by atoms with van der Waals surface area (Å²) < 4.78 is 0. The zero-order chi connectivity index (χ0) is 15.0. The maximum atomic E-state index is 10.9. The number of nitrogens with one attached hydrogen (secondary N) is 2. The molecule has 3 rings (SSSR count). The van der Waals surface area contributed by atoms with Gasteiger partial charge in [0.2, 0.25) is 5.95 Å². The summed E-state index contributed by atoms with van der Waals surface area (Å²) in [6, 6.07) is 6.63. The first-order valence-corrected chi connectivity index (χ1v) is 6.60. The lowest BCUT2D eigenvalue weighted by molar-refractivity contribution is 0.0696. The Morgan fingerprint density at radius 3 is 2.90 bits per heavy atom. The summed E-state index contributed by atoms with van der Waals surface area (Å²) in [7, 11) is 0. The van der Waals surface area contributed by atoms with Crippen LogP contribution in [0.2, 0.25) is 10.0 Å². The molecule has 106 valence electrons. The summed E-state index contributed by atoms with van der Waals surface area (Å²) in [5.74, 6) is -0.657. The van der Waals surface area contributed by atoms with Crippen LogP contribution in [0.3, 0.4) is 0 Å². The lowest BCUT2D eigenvalue weighted by Gasteiger charge is -2.05. The molecule has 0 bridgehead atoms. The summed E-state index contributed by atoms with van der Waals surface area (Å²) in [5, 5.41) is 12.7. The smallest absolute Gasteiger partial charge is 0.337 e. The number of nitrogens with zero attached hydrogens (tertiary/aromatic N) is 2. The number of aromatic carboxylic acids is 1. The number of carbonyl (C=O) groups is 1. The number of anilines is 2. The van der Waals surface area contributed by atoms with E-state index >= 15 is 0 Å². The van der Waals surface area contributed by atoms with Crippen molar-refractivity contribution in [2.24, 2.45) is 0 Å². The second kappa shape index (κ2) is 5.23. The first kappa shape index (κ1) is 13.7. The van der Waals surface area contributed by atoms with Crippen LogP contribution in [0.5, 0.6) is 0 Å². The first-order chi connectivity index (χ1) is 10.0. The molecule has 8 heteroatoms. The second-order valence-electron chi connectivity index (χ2n) is 4.21. The second-order valence-corrected chi connectivity index (χ2v) is 5.00. The van der Waals surface area contributed by atoms with Gasteiger partial charge in [-0.05, 0) is 18.2 Å². The molecule has 3 aromatic rings. The van der Waals surface area contributed by atoms with E-state index in [4.69, 9.17) is 28.3 Å². The molecular weight excluding hydrogens is 315 g/mol. The van der Waals surface area contributed by atoms with E-state index in [1.807, 2.05) is 0 Å². The van der Waals surface area contributed by atoms with Crippen LogP contribution < -0.4 is 5.32 Å². The van der Waals surface area contributed by atoms with Gasteiger partial charge in [0.25, 0.3) is 0 Å². The average molecular weight is 323 g/mol. The molecule has 0 saturated heterocycles. The molecule has 0 spiro atoms. The van der Waals surface area contributed by atoms with E-state index < -0.39 is 5.97 Å². The van der Waals surface area contributed by atoms with Gasteiger partial charge in [0.1, 0.15) is 0 Å². The molecular formula is C13H8Cl2N4O2. The lowest BCUT2D eigenvalue weighted by atomic mass is 10.3. The van der Waals surface area contributed by atoms with Crippen molar-refractivity contribution in [3.8, 4) is 0 Å². The van der Waals surface area contributed by atoms with E-state index in [2.05, 4.69) is 20.3 Å². The van der Waals surface area contributed by atoms with Crippen LogP contribution in [0.25, 0.3) is 11.2 Å². The van der Waals surface area contributed by atoms with Gasteiger partial charge in [-0.2, -0.15) is 4.98 Å². The summed E-state index contributed by atoms with van der Waals surface area (Å²) in [6.45, 7) is 0. The van der Waals surface area contributed by atoms with Crippen molar-refractivity contribution in [2.45, 2.75) is 0 Å². The topological polar surface area (TPSA) is 90.9 Å². The van der Waals surface area contributed by atoms with Gasteiger partial charge in [0.05, 0.1) is 26.8 Å². The molecule has 0 unspecified atom stereocenters. The summed E-state index contributed by atoms with van der Waals surface area (Å²) >= 11 is 12.0. The van der Waals surface area contributed by atoms with Gasteiger partial charge < -0.3 is 15.4 Å². The van der Waals surface area contributed by atoms with Gasteiger partial charge in [-0.1, -0.05) is 29.3 Å². The Morgan fingerprint density at radius 1 is 1.33 bits per heavy atom. The number of rotatable bonds is 3. The van der Waals surface area contributed by atoms with E-state index in [0.29, 0.717) is 32.8 Å². The number of carboxylic acid groups (broad SMARTS) is 1. The summed E-state index contributed by atoms with van der Waals surface area (Å²) in [6.07, 6.45) is 1.25. The molecule has 0 amide bonds. The third kappa shape index (κ3) is 2.63. The van der Waals surface area contributed by atoms with Crippen LogP contribution >= 0.6 is 23.2 Å². The van der Waals surface area contributed by atoms with Crippen LogP contribution in [0.4, 0.5) is 11.6 Å². The summed E-state index contributed by atoms with van der Waals surface area (Å²) in [4.78, 5) is 22.0. The fourth-order valence-electron chi connectivity index (χ4n) is 1.80. The first-order valence-electron chi connectivity index (χ1n) is 5.84. The van der Waals surface area contributed by atoms with Crippen molar-refractivity contribution in [3.63, 3.8) is 0 Å². The van der Waals surface area contributed by atoms with Crippen molar-refractivity contribution in [1.29, 1.82) is 0 Å². The molecule has 1 aromatic carbocycles. The molecule has 0 radical (unpaired) electrons. The zero-order valence-corrected chi connectivity index (χ0v) is 11.9. The Bertz CT molecular complexity index is 847. The third-order valence-corrected chi connectivity index (χ3v) is 3.61. The molecule has 0 saturated carbocycles. The number of halogens is 2. The molecule has 0 aliphatic carbocycles. The number of H-pyrrole nitrogens is 1. The van der Waals surface area contributed by atoms with Crippen LogP contribution in [0.1, 0.15) is 10.4 Å². The van der Waals surface area contributed by atoms with Gasteiger partial charge in [0, 0.05) is 6.20 Å². The molecule has 2 aromatic heterocycles. The highest BCUT2D eigenvalue weighted by molar-refractivity contribution is 6.43. The van der Waals surface area contributed by atoms with Gasteiger partial charge in [-0.25, -0.2) is 9.78 Å². The van der Waals surface area contributed by atoms with Crippen LogP contribution in [0, 0.1) is 0 Å². The zero-order valence-electron chi connectivity index (χ0n) is 10.4.